The summed E-state index contributed by atoms with van der Waals surface area (Å²) in [6.45, 7) is 3.77. The minimum atomic E-state index is -0.870. The van der Waals surface area contributed by atoms with E-state index in [1.807, 2.05) is 24.3 Å². The Kier molecular flexibility index (Phi) is 5.18. The molecule has 0 fully saturated rings. The molecule has 0 bridgehead atoms. The standard InChI is InChI=1S/C12H16N6O.ClH/c1-12(2,13)11(19)14-7-8-3-5-9(6-4-8)10-15-17-18-16-10;/h3-6H,7,13H2,1-2H3,(H,14,19)(H,15,16,17,18);1H. The average molecular weight is 297 g/mol. The molecule has 0 radical (unpaired) electrons. The summed E-state index contributed by atoms with van der Waals surface area (Å²) >= 11 is 0. The van der Waals surface area contributed by atoms with Crippen LogP contribution in [0.25, 0.3) is 11.4 Å². The van der Waals surface area contributed by atoms with E-state index in [0.717, 1.165) is 11.1 Å². The number of hydrogen-bond acceptors (Lipinski definition) is 5. The van der Waals surface area contributed by atoms with Crippen molar-refractivity contribution in [2.75, 3.05) is 0 Å². The number of halogens is 1. The minimum Gasteiger partial charge on any atom is -0.350 e. The number of H-pyrrole nitrogens is 1. The van der Waals surface area contributed by atoms with Crippen LogP contribution in [0.1, 0.15) is 19.4 Å². The van der Waals surface area contributed by atoms with E-state index in [1.54, 1.807) is 13.8 Å². The van der Waals surface area contributed by atoms with Gasteiger partial charge in [0.05, 0.1) is 5.54 Å². The zero-order valence-electron chi connectivity index (χ0n) is 11.3. The summed E-state index contributed by atoms with van der Waals surface area (Å²) in [6, 6.07) is 7.55. The number of nitrogens with two attached hydrogens (primary N) is 1. The summed E-state index contributed by atoms with van der Waals surface area (Å²) < 4.78 is 0. The molecule has 0 spiro atoms. The number of rotatable bonds is 4. The minimum absolute atomic E-state index is 0. The zero-order valence-corrected chi connectivity index (χ0v) is 12.1. The number of aromatic nitrogens is 4. The summed E-state index contributed by atoms with van der Waals surface area (Å²) in [5.74, 6) is 0.355. The van der Waals surface area contributed by atoms with Gasteiger partial charge in [-0.1, -0.05) is 24.3 Å². The summed E-state index contributed by atoms with van der Waals surface area (Å²) in [7, 11) is 0. The Balaban J connectivity index is 0.00000200. The van der Waals surface area contributed by atoms with Crippen LogP contribution in [0.3, 0.4) is 0 Å². The second kappa shape index (κ2) is 6.44. The van der Waals surface area contributed by atoms with Crippen LogP contribution in [0.15, 0.2) is 24.3 Å². The van der Waals surface area contributed by atoms with Crippen molar-refractivity contribution in [3.8, 4) is 11.4 Å². The Morgan fingerprint density at radius 1 is 1.35 bits per heavy atom. The van der Waals surface area contributed by atoms with Crippen LogP contribution < -0.4 is 11.1 Å². The van der Waals surface area contributed by atoms with E-state index in [-0.39, 0.29) is 18.3 Å². The molecule has 2 aromatic rings. The molecule has 8 heteroatoms. The fourth-order valence-electron chi connectivity index (χ4n) is 1.47. The van der Waals surface area contributed by atoms with E-state index in [9.17, 15) is 4.79 Å². The molecule has 0 aliphatic heterocycles. The third-order valence-electron chi connectivity index (χ3n) is 2.60. The van der Waals surface area contributed by atoms with Gasteiger partial charge >= 0.3 is 0 Å². The lowest BCUT2D eigenvalue weighted by molar-refractivity contribution is -0.125. The van der Waals surface area contributed by atoms with Gasteiger partial charge in [0.25, 0.3) is 0 Å². The Labute approximate surface area is 122 Å². The lowest BCUT2D eigenvalue weighted by Crippen LogP contribution is -2.48. The largest absolute Gasteiger partial charge is 0.350 e. The molecule has 1 heterocycles. The predicted octanol–water partition coefficient (Wildman–Crippen LogP) is 0.642. The molecule has 4 N–H and O–H groups in total. The van der Waals surface area contributed by atoms with Crippen molar-refractivity contribution in [1.29, 1.82) is 0 Å². The molecular formula is C12H17ClN6O. The van der Waals surface area contributed by atoms with Gasteiger partial charge in [0.15, 0.2) is 0 Å². The van der Waals surface area contributed by atoms with Crippen molar-refractivity contribution in [2.45, 2.75) is 25.9 Å². The molecule has 0 unspecified atom stereocenters. The van der Waals surface area contributed by atoms with Crippen molar-refractivity contribution >= 4 is 18.3 Å². The zero-order chi connectivity index (χ0) is 13.9. The first-order valence-corrected chi connectivity index (χ1v) is 5.87. The molecule has 20 heavy (non-hydrogen) atoms. The van der Waals surface area contributed by atoms with Crippen molar-refractivity contribution in [1.82, 2.24) is 25.9 Å². The van der Waals surface area contributed by atoms with Crippen molar-refractivity contribution in [3.05, 3.63) is 29.8 Å². The number of benzene rings is 1. The van der Waals surface area contributed by atoms with Gasteiger partial charge in [-0.3, -0.25) is 4.79 Å². The highest BCUT2D eigenvalue weighted by atomic mass is 35.5. The second-order valence-corrected chi connectivity index (χ2v) is 4.84. The lowest BCUT2D eigenvalue weighted by atomic mass is 10.1. The van der Waals surface area contributed by atoms with Crippen molar-refractivity contribution in [2.24, 2.45) is 5.73 Å². The first kappa shape index (κ1) is 16.1. The number of amides is 1. The molecule has 108 valence electrons. The highest BCUT2D eigenvalue weighted by Crippen LogP contribution is 2.13. The van der Waals surface area contributed by atoms with E-state index in [1.165, 1.54) is 0 Å². The van der Waals surface area contributed by atoms with Crippen molar-refractivity contribution in [3.63, 3.8) is 0 Å². The molecule has 2 rings (SSSR count). The van der Waals surface area contributed by atoms with Crippen molar-refractivity contribution < 1.29 is 4.79 Å². The Hall–Kier alpha value is -1.99. The van der Waals surface area contributed by atoms with Gasteiger partial charge in [-0.25, -0.2) is 0 Å². The SMILES string of the molecule is CC(C)(N)C(=O)NCc1ccc(-c2nn[nH]n2)cc1.Cl. The number of nitrogens with one attached hydrogen (secondary N) is 2. The van der Waals surface area contributed by atoms with Crippen LogP contribution >= 0.6 is 12.4 Å². The van der Waals surface area contributed by atoms with Gasteiger partial charge in [0.1, 0.15) is 0 Å². The van der Waals surface area contributed by atoms with E-state index < -0.39 is 5.54 Å². The van der Waals surface area contributed by atoms with E-state index >= 15 is 0 Å². The Bertz CT molecular complexity index is 546. The monoisotopic (exact) mass is 296 g/mol. The maximum absolute atomic E-state index is 11.6. The molecule has 1 aromatic heterocycles. The maximum Gasteiger partial charge on any atom is 0.239 e. The lowest BCUT2D eigenvalue weighted by Gasteiger charge is -2.17. The Morgan fingerprint density at radius 3 is 2.50 bits per heavy atom. The first-order chi connectivity index (χ1) is 8.97. The number of tetrazole rings is 1. The molecular weight excluding hydrogens is 280 g/mol. The summed E-state index contributed by atoms with van der Waals surface area (Å²) in [5.41, 5.74) is 6.66. The summed E-state index contributed by atoms with van der Waals surface area (Å²) in [4.78, 5) is 11.6. The molecule has 0 aliphatic carbocycles. The molecule has 0 saturated heterocycles. The molecule has 0 atom stereocenters. The highest BCUT2D eigenvalue weighted by Gasteiger charge is 2.20. The summed E-state index contributed by atoms with van der Waals surface area (Å²) in [6.07, 6.45) is 0. The number of hydrogen-bond donors (Lipinski definition) is 3. The van der Waals surface area contributed by atoms with E-state index in [4.69, 9.17) is 5.73 Å². The van der Waals surface area contributed by atoms with Gasteiger partial charge in [0.2, 0.25) is 11.7 Å². The molecule has 0 saturated carbocycles. The summed E-state index contributed by atoms with van der Waals surface area (Å²) in [5, 5.41) is 16.5. The third-order valence-corrected chi connectivity index (χ3v) is 2.60. The smallest absolute Gasteiger partial charge is 0.239 e. The van der Waals surface area contributed by atoms with Gasteiger partial charge in [0, 0.05) is 12.1 Å². The van der Waals surface area contributed by atoms with Crippen LogP contribution in [0.5, 0.6) is 0 Å². The number of nitrogens with zero attached hydrogens (tertiary/aromatic N) is 3. The highest BCUT2D eigenvalue weighted by molar-refractivity contribution is 5.85. The molecule has 7 nitrogen and oxygen atoms in total. The fourth-order valence-corrected chi connectivity index (χ4v) is 1.47. The van der Waals surface area contributed by atoms with E-state index in [2.05, 4.69) is 25.9 Å². The normalized spacial score (nSPS) is 10.8. The maximum atomic E-state index is 11.6. The third kappa shape index (κ3) is 4.01. The Morgan fingerprint density at radius 2 is 2.00 bits per heavy atom. The van der Waals surface area contributed by atoms with Crippen LogP contribution in [0, 0.1) is 0 Å². The van der Waals surface area contributed by atoms with Gasteiger partial charge in [-0.15, -0.1) is 22.6 Å². The molecule has 1 amide bonds. The van der Waals surface area contributed by atoms with Crippen LogP contribution in [-0.4, -0.2) is 32.1 Å². The van der Waals surface area contributed by atoms with Gasteiger partial charge < -0.3 is 11.1 Å². The van der Waals surface area contributed by atoms with Crippen LogP contribution in [0.4, 0.5) is 0 Å². The first-order valence-electron chi connectivity index (χ1n) is 5.87. The molecule has 0 aliphatic rings. The number of carbonyl (C=O) groups excluding carboxylic acids is 1. The van der Waals surface area contributed by atoms with Crippen LogP contribution in [0.2, 0.25) is 0 Å². The van der Waals surface area contributed by atoms with Gasteiger partial charge in [-0.2, -0.15) is 5.21 Å². The molecule has 1 aromatic carbocycles. The van der Waals surface area contributed by atoms with Gasteiger partial charge in [-0.05, 0) is 24.6 Å². The fraction of sp³-hybridized carbons (Fsp3) is 0.333. The van der Waals surface area contributed by atoms with E-state index in [0.29, 0.717) is 12.4 Å². The quantitative estimate of drug-likeness (QED) is 0.767. The average Bonchev–Trinajstić information content (AvgIpc) is 2.89. The topological polar surface area (TPSA) is 110 Å². The predicted molar refractivity (Wildman–Crippen MR) is 77.0 cm³/mol. The number of carbonyl (C=O) groups is 1. The van der Waals surface area contributed by atoms with Crippen LogP contribution in [-0.2, 0) is 11.3 Å². The number of aromatic amines is 1. The second-order valence-electron chi connectivity index (χ2n) is 4.84.